The molecule has 4 aromatic rings. The van der Waals surface area contributed by atoms with Gasteiger partial charge in [0.2, 0.25) is 0 Å². The van der Waals surface area contributed by atoms with Crippen LogP contribution >= 0.6 is 11.8 Å². The maximum absolute atomic E-state index is 5.77. The summed E-state index contributed by atoms with van der Waals surface area (Å²) in [6, 6.07) is 20.6. The van der Waals surface area contributed by atoms with Gasteiger partial charge in [-0.1, -0.05) is 72.4 Å². The van der Waals surface area contributed by atoms with E-state index in [1.54, 1.807) is 18.1 Å². The van der Waals surface area contributed by atoms with Crippen LogP contribution in [0, 0.1) is 0 Å². The van der Waals surface area contributed by atoms with Gasteiger partial charge in [-0.25, -0.2) is 4.98 Å². The number of thioether (sulfide) groups is 1. The molecule has 25 heavy (non-hydrogen) atoms. The van der Waals surface area contributed by atoms with Crippen LogP contribution in [0.2, 0.25) is 0 Å². The molecule has 2 aromatic heterocycles. The Hall–Kier alpha value is -2.86. The lowest BCUT2D eigenvalue weighted by Gasteiger charge is -2.07. The first kappa shape index (κ1) is 15.7. The Bertz CT molecular complexity index is 957. The van der Waals surface area contributed by atoms with E-state index in [0.29, 0.717) is 18.3 Å². The highest BCUT2D eigenvalue weighted by molar-refractivity contribution is 7.98. The average Bonchev–Trinajstić information content (AvgIpc) is 3.15. The van der Waals surface area contributed by atoms with Gasteiger partial charge in [0, 0.05) is 5.75 Å². The van der Waals surface area contributed by atoms with Crippen LogP contribution in [0.25, 0.3) is 11.2 Å². The predicted octanol–water partition coefficient (Wildman–Crippen LogP) is 4.22. The van der Waals surface area contributed by atoms with Crippen molar-refractivity contribution in [2.45, 2.75) is 17.4 Å². The number of ether oxygens (including phenoxy) is 1. The fourth-order valence-electron chi connectivity index (χ4n) is 2.40. The van der Waals surface area contributed by atoms with Crippen molar-refractivity contribution in [3.05, 3.63) is 78.1 Å². The van der Waals surface area contributed by atoms with Gasteiger partial charge in [0.1, 0.15) is 17.1 Å². The van der Waals surface area contributed by atoms with Crippen LogP contribution in [0.4, 0.5) is 0 Å². The van der Waals surface area contributed by atoms with Crippen molar-refractivity contribution in [2.75, 3.05) is 0 Å². The number of hydrogen-bond donors (Lipinski definition) is 1. The summed E-state index contributed by atoms with van der Waals surface area (Å²) in [5, 5.41) is 0.842. The number of nitrogens with one attached hydrogen (secondary N) is 1. The Balaban J connectivity index is 1.54. The summed E-state index contributed by atoms with van der Waals surface area (Å²) < 4.78 is 5.77. The van der Waals surface area contributed by atoms with Crippen molar-refractivity contribution in [1.82, 2.24) is 19.9 Å². The molecule has 0 bridgehead atoms. The molecule has 2 aromatic carbocycles. The quantitative estimate of drug-likeness (QED) is 0.417. The van der Waals surface area contributed by atoms with Gasteiger partial charge in [0.25, 0.3) is 0 Å². The Morgan fingerprint density at radius 3 is 2.36 bits per heavy atom. The summed E-state index contributed by atoms with van der Waals surface area (Å²) in [5.74, 6) is 0.824. The highest BCUT2D eigenvalue weighted by atomic mass is 32.2. The monoisotopic (exact) mass is 348 g/mol. The summed E-state index contributed by atoms with van der Waals surface area (Å²) in [7, 11) is 0. The highest BCUT2D eigenvalue weighted by Crippen LogP contribution is 2.28. The summed E-state index contributed by atoms with van der Waals surface area (Å²) in [6.07, 6.45) is 1.63. The molecule has 0 saturated heterocycles. The molecule has 0 spiro atoms. The Morgan fingerprint density at radius 1 is 0.880 bits per heavy atom. The van der Waals surface area contributed by atoms with Crippen molar-refractivity contribution in [1.29, 1.82) is 0 Å². The lowest BCUT2D eigenvalue weighted by molar-refractivity contribution is 0.279. The maximum atomic E-state index is 5.77. The molecule has 0 amide bonds. The van der Waals surface area contributed by atoms with Crippen molar-refractivity contribution >= 4 is 22.9 Å². The number of aromatic nitrogens is 4. The molecule has 0 unspecified atom stereocenters. The lowest BCUT2D eigenvalue weighted by atomic mass is 10.2. The standard InChI is InChI=1S/C19H16N4OS/c1-3-7-14(8-4-1)11-24-19-22-17-16(20-13-21-17)18(23-19)25-12-15-9-5-2-6-10-15/h1-10,13H,11-12H2,(H,20,21,22,23). The number of aromatic amines is 1. The minimum Gasteiger partial charge on any atom is -0.459 e. The van der Waals surface area contributed by atoms with Crippen LogP contribution in [0.15, 0.2) is 72.0 Å². The summed E-state index contributed by atoms with van der Waals surface area (Å²) in [5.41, 5.74) is 3.78. The topological polar surface area (TPSA) is 63.7 Å². The number of nitrogens with zero attached hydrogens (tertiary/aromatic N) is 3. The summed E-state index contributed by atoms with van der Waals surface area (Å²) >= 11 is 1.64. The predicted molar refractivity (Wildman–Crippen MR) is 98.5 cm³/mol. The van der Waals surface area contributed by atoms with E-state index in [0.717, 1.165) is 21.9 Å². The van der Waals surface area contributed by atoms with Gasteiger partial charge < -0.3 is 9.72 Å². The van der Waals surface area contributed by atoms with Crippen LogP contribution in [0.5, 0.6) is 6.01 Å². The van der Waals surface area contributed by atoms with Gasteiger partial charge >= 0.3 is 6.01 Å². The zero-order valence-electron chi connectivity index (χ0n) is 13.4. The van der Waals surface area contributed by atoms with E-state index in [-0.39, 0.29) is 0 Å². The molecular weight excluding hydrogens is 332 g/mol. The first-order valence-electron chi connectivity index (χ1n) is 7.93. The van der Waals surface area contributed by atoms with Crippen molar-refractivity contribution in [3.63, 3.8) is 0 Å². The van der Waals surface area contributed by atoms with E-state index in [1.807, 2.05) is 48.5 Å². The molecule has 124 valence electrons. The van der Waals surface area contributed by atoms with E-state index in [4.69, 9.17) is 4.74 Å². The first-order chi connectivity index (χ1) is 12.4. The molecule has 4 rings (SSSR count). The molecule has 1 N–H and O–H groups in total. The number of hydrogen-bond acceptors (Lipinski definition) is 5. The maximum Gasteiger partial charge on any atom is 0.319 e. The zero-order valence-corrected chi connectivity index (χ0v) is 14.2. The fourth-order valence-corrected chi connectivity index (χ4v) is 3.34. The lowest BCUT2D eigenvalue weighted by Crippen LogP contribution is -2.01. The molecule has 0 saturated carbocycles. The van der Waals surface area contributed by atoms with Gasteiger partial charge in [0.05, 0.1) is 6.33 Å². The van der Waals surface area contributed by atoms with Crippen LogP contribution in [0.1, 0.15) is 11.1 Å². The zero-order chi connectivity index (χ0) is 16.9. The number of rotatable bonds is 6. The van der Waals surface area contributed by atoms with E-state index >= 15 is 0 Å². The summed E-state index contributed by atoms with van der Waals surface area (Å²) in [4.78, 5) is 16.3. The molecule has 5 nitrogen and oxygen atoms in total. The highest BCUT2D eigenvalue weighted by Gasteiger charge is 2.12. The molecule has 0 aliphatic rings. The second-order valence-electron chi connectivity index (χ2n) is 5.46. The molecule has 0 radical (unpaired) electrons. The van der Waals surface area contributed by atoms with Gasteiger partial charge in [-0.15, -0.1) is 0 Å². The minimum atomic E-state index is 0.346. The van der Waals surface area contributed by atoms with Gasteiger partial charge in [0.15, 0.2) is 5.65 Å². The molecule has 0 aliphatic heterocycles. The largest absolute Gasteiger partial charge is 0.459 e. The third-order valence-corrected chi connectivity index (χ3v) is 4.71. The third kappa shape index (κ3) is 3.80. The van der Waals surface area contributed by atoms with E-state index in [1.165, 1.54) is 5.56 Å². The fraction of sp³-hybridized carbons (Fsp3) is 0.105. The van der Waals surface area contributed by atoms with Gasteiger partial charge in [-0.3, -0.25) is 0 Å². The van der Waals surface area contributed by atoms with Crippen LogP contribution in [0.3, 0.4) is 0 Å². The number of benzene rings is 2. The number of fused-ring (bicyclic) bond motifs is 1. The third-order valence-electron chi connectivity index (χ3n) is 3.66. The minimum absolute atomic E-state index is 0.346. The number of imidazole rings is 1. The second-order valence-corrected chi connectivity index (χ2v) is 6.43. The Morgan fingerprint density at radius 2 is 1.60 bits per heavy atom. The average molecular weight is 348 g/mol. The normalized spacial score (nSPS) is 10.9. The Kier molecular flexibility index (Phi) is 4.61. The van der Waals surface area contributed by atoms with E-state index < -0.39 is 0 Å². The molecule has 6 heteroatoms. The van der Waals surface area contributed by atoms with E-state index in [2.05, 4.69) is 32.1 Å². The van der Waals surface area contributed by atoms with Gasteiger partial charge in [-0.2, -0.15) is 9.97 Å². The molecule has 0 fully saturated rings. The van der Waals surface area contributed by atoms with Crippen molar-refractivity contribution in [2.24, 2.45) is 0 Å². The second kappa shape index (κ2) is 7.36. The molecule has 0 aliphatic carbocycles. The molecule has 2 heterocycles. The van der Waals surface area contributed by atoms with Crippen LogP contribution < -0.4 is 4.74 Å². The molecule has 0 atom stereocenters. The summed E-state index contributed by atoms with van der Waals surface area (Å²) in [6.45, 7) is 0.430. The first-order valence-corrected chi connectivity index (χ1v) is 8.91. The van der Waals surface area contributed by atoms with Gasteiger partial charge in [-0.05, 0) is 11.1 Å². The van der Waals surface area contributed by atoms with Crippen molar-refractivity contribution < 1.29 is 4.74 Å². The molecular formula is C19H16N4OS. The smallest absolute Gasteiger partial charge is 0.319 e. The number of H-pyrrole nitrogens is 1. The van der Waals surface area contributed by atoms with E-state index in [9.17, 15) is 0 Å². The Labute approximate surface area is 149 Å². The van der Waals surface area contributed by atoms with Crippen LogP contribution in [-0.4, -0.2) is 19.9 Å². The van der Waals surface area contributed by atoms with Crippen molar-refractivity contribution in [3.8, 4) is 6.01 Å². The van der Waals surface area contributed by atoms with Crippen LogP contribution in [-0.2, 0) is 12.4 Å². The SMILES string of the molecule is c1ccc(COc2nc(SCc3ccccc3)c3[nH]cnc3n2)cc1.